The van der Waals surface area contributed by atoms with Gasteiger partial charge in [0.2, 0.25) is 0 Å². The zero-order valence-corrected chi connectivity index (χ0v) is 11.0. The van der Waals surface area contributed by atoms with E-state index in [9.17, 15) is 4.21 Å². The Morgan fingerprint density at radius 2 is 2.31 bits per heavy atom. The van der Waals surface area contributed by atoms with Crippen LogP contribution in [-0.4, -0.2) is 27.2 Å². The number of aromatic nitrogens is 1. The molecular formula is C12H20N2OS. The van der Waals surface area contributed by atoms with Crippen LogP contribution in [0.3, 0.4) is 0 Å². The van der Waals surface area contributed by atoms with Gasteiger partial charge in [0.25, 0.3) is 0 Å². The van der Waals surface area contributed by atoms with Crippen molar-refractivity contribution in [2.75, 3.05) is 12.8 Å². The Balaban J connectivity index is 2.26. The third-order valence-electron chi connectivity index (χ3n) is 2.73. The van der Waals surface area contributed by atoms with E-state index >= 15 is 0 Å². The molecule has 1 aromatic heterocycles. The summed E-state index contributed by atoms with van der Waals surface area (Å²) in [4.78, 5) is 4.23. The molecule has 1 heterocycles. The van der Waals surface area contributed by atoms with Gasteiger partial charge in [-0.25, -0.2) is 0 Å². The predicted octanol–water partition coefficient (Wildman–Crippen LogP) is 1.64. The minimum atomic E-state index is -0.715. The Labute approximate surface area is 100 Å². The topological polar surface area (TPSA) is 42.0 Å². The molecule has 1 N–H and O–H groups in total. The minimum Gasteiger partial charge on any atom is -0.313 e. The molecule has 0 saturated heterocycles. The molecule has 1 aromatic rings. The fourth-order valence-electron chi connectivity index (χ4n) is 1.40. The smallest absolute Gasteiger partial charge is 0.0417 e. The van der Waals surface area contributed by atoms with Crippen LogP contribution in [0.5, 0.6) is 0 Å². The van der Waals surface area contributed by atoms with E-state index in [2.05, 4.69) is 16.4 Å². The van der Waals surface area contributed by atoms with Gasteiger partial charge in [-0.3, -0.25) is 9.19 Å². The summed E-state index contributed by atoms with van der Waals surface area (Å²) < 4.78 is 11.1. The number of aryl methyl sites for hydroxylation is 1. The van der Waals surface area contributed by atoms with Crippen LogP contribution in [0, 0.1) is 6.92 Å². The molecular weight excluding hydrogens is 220 g/mol. The van der Waals surface area contributed by atoms with Crippen molar-refractivity contribution < 1.29 is 4.21 Å². The van der Waals surface area contributed by atoms with E-state index in [1.54, 1.807) is 12.5 Å². The molecule has 90 valence electrons. The number of nitrogens with one attached hydrogen (secondary N) is 1. The lowest BCUT2D eigenvalue weighted by Gasteiger charge is -2.10. The molecule has 4 heteroatoms. The van der Waals surface area contributed by atoms with Crippen LogP contribution in [-0.2, 0) is 17.3 Å². The van der Waals surface area contributed by atoms with Crippen molar-refractivity contribution in [1.82, 2.24) is 10.3 Å². The maximum absolute atomic E-state index is 11.1. The zero-order chi connectivity index (χ0) is 12.0. The Morgan fingerprint density at radius 1 is 1.56 bits per heavy atom. The molecule has 0 bridgehead atoms. The predicted molar refractivity (Wildman–Crippen MR) is 68.8 cm³/mol. The van der Waals surface area contributed by atoms with E-state index in [-0.39, 0.29) is 5.25 Å². The van der Waals surface area contributed by atoms with Gasteiger partial charge in [0.15, 0.2) is 0 Å². The molecule has 0 radical (unpaired) electrons. The van der Waals surface area contributed by atoms with Crippen molar-refractivity contribution in [3.05, 3.63) is 29.6 Å². The second-order valence-corrected chi connectivity index (χ2v) is 5.82. The molecule has 16 heavy (non-hydrogen) atoms. The summed E-state index contributed by atoms with van der Waals surface area (Å²) in [6.07, 6.45) is 4.51. The summed E-state index contributed by atoms with van der Waals surface area (Å²) in [7, 11) is -0.715. The molecule has 0 aromatic carbocycles. The molecule has 1 rings (SSSR count). The Hall–Kier alpha value is -0.740. The van der Waals surface area contributed by atoms with Crippen molar-refractivity contribution in [1.29, 1.82) is 0 Å². The van der Waals surface area contributed by atoms with Crippen molar-refractivity contribution in [2.45, 2.75) is 32.1 Å². The molecule has 0 fully saturated rings. The summed E-state index contributed by atoms with van der Waals surface area (Å²) in [5.74, 6) is 0. The SMILES string of the molecule is Cc1ncccc1CNCCC(C)S(C)=O. The molecule has 0 spiro atoms. The fourth-order valence-corrected chi connectivity index (χ4v) is 1.85. The molecule has 2 unspecified atom stereocenters. The second kappa shape index (κ2) is 6.76. The van der Waals surface area contributed by atoms with Gasteiger partial charge < -0.3 is 5.32 Å². The van der Waals surface area contributed by atoms with Gasteiger partial charge >= 0.3 is 0 Å². The molecule has 0 amide bonds. The molecule has 3 nitrogen and oxygen atoms in total. The van der Waals surface area contributed by atoms with Crippen LogP contribution in [0.4, 0.5) is 0 Å². The lowest BCUT2D eigenvalue weighted by atomic mass is 10.2. The Bertz CT molecular complexity index is 355. The summed E-state index contributed by atoms with van der Waals surface area (Å²) in [5, 5.41) is 3.62. The molecule has 0 aliphatic carbocycles. The van der Waals surface area contributed by atoms with Crippen molar-refractivity contribution in [2.24, 2.45) is 0 Å². The molecule has 2 atom stereocenters. The van der Waals surface area contributed by atoms with E-state index in [1.165, 1.54) is 5.56 Å². The van der Waals surface area contributed by atoms with Gasteiger partial charge in [0.05, 0.1) is 0 Å². The highest BCUT2D eigenvalue weighted by atomic mass is 32.2. The number of hydrogen-bond acceptors (Lipinski definition) is 3. The largest absolute Gasteiger partial charge is 0.313 e. The van der Waals surface area contributed by atoms with Gasteiger partial charge in [-0.1, -0.05) is 13.0 Å². The first kappa shape index (κ1) is 13.3. The van der Waals surface area contributed by atoms with Crippen LogP contribution in [0.1, 0.15) is 24.6 Å². The zero-order valence-electron chi connectivity index (χ0n) is 10.2. The summed E-state index contributed by atoms with van der Waals surface area (Å²) >= 11 is 0. The lowest BCUT2D eigenvalue weighted by molar-refractivity contribution is 0.627. The highest BCUT2D eigenvalue weighted by molar-refractivity contribution is 7.84. The van der Waals surface area contributed by atoms with Crippen molar-refractivity contribution in [3.63, 3.8) is 0 Å². The molecule has 0 aliphatic rings. The first-order valence-corrected chi connectivity index (χ1v) is 7.17. The van der Waals surface area contributed by atoms with Gasteiger partial charge in [-0.15, -0.1) is 0 Å². The normalized spacial score (nSPS) is 14.7. The average molecular weight is 240 g/mol. The standard InChI is InChI=1S/C12H20N2OS/c1-10(16(3)15)6-8-13-9-12-5-4-7-14-11(12)2/h4-5,7,10,13H,6,8-9H2,1-3H3. The fraction of sp³-hybridized carbons (Fsp3) is 0.583. The minimum absolute atomic E-state index is 0.266. The summed E-state index contributed by atoms with van der Waals surface area (Å²) in [6, 6.07) is 4.03. The quantitative estimate of drug-likeness (QED) is 0.769. The summed E-state index contributed by atoms with van der Waals surface area (Å²) in [5.41, 5.74) is 2.30. The third kappa shape index (κ3) is 4.41. The highest BCUT2D eigenvalue weighted by Crippen LogP contribution is 2.03. The van der Waals surface area contributed by atoms with Gasteiger partial charge in [-0.05, 0) is 31.5 Å². The highest BCUT2D eigenvalue weighted by Gasteiger charge is 2.05. The molecule has 0 saturated carbocycles. The monoisotopic (exact) mass is 240 g/mol. The van der Waals surface area contributed by atoms with E-state index in [1.807, 2.05) is 19.9 Å². The number of rotatable bonds is 6. The van der Waals surface area contributed by atoms with Crippen LogP contribution >= 0.6 is 0 Å². The van der Waals surface area contributed by atoms with E-state index in [4.69, 9.17) is 0 Å². The first-order valence-electron chi connectivity index (χ1n) is 5.54. The van der Waals surface area contributed by atoms with E-state index in [0.717, 1.165) is 25.2 Å². The summed E-state index contributed by atoms with van der Waals surface area (Å²) in [6.45, 7) is 5.77. The Kier molecular flexibility index (Phi) is 5.63. The van der Waals surface area contributed by atoms with E-state index < -0.39 is 10.8 Å². The second-order valence-electron chi connectivity index (χ2n) is 4.02. The van der Waals surface area contributed by atoms with Crippen molar-refractivity contribution in [3.8, 4) is 0 Å². The first-order chi connectivity index (χ1) is 7.61. The van der Waals surface area contributed by atoms with Crippen LogP contribution in [0.15, 0.2) is 18.3 Å². The number of hydrogen-bond donors (Lipinski definition) is 1. The van der Waals surface area contributed by atoms with Crippen molar-refractivity contribution >= 4 is 10.8 Å². The third-order valence-corrected chi connectivity index (χ3v) is 4.10. The van der Waals surface area contributed by atoms with Crippen LogP contribution < -0.4 is 5.32 Å². The number of pyridine rings is 1. The lowest BCUT2D eigenvalue weighted by Crippen LogP contribution is -2.21. The van der Waals surface area contributed by atoms with Crippen LogP contribution in [0.25, 0.3) is 0 Å². The van der Waals surface area contributed by atoms with Crippen LogP contribution in [0.2, 0.25) is 0 Å². The average Bonchev–Trinajstić information content (AvgIpc) is 2.26. The number of nitrogens with zero attached hydrogens (tertiary/aromatic N) is 1. The van der Waals surface area contributed by atoms with Gasteiger partial charge in [0.1, 0.15) is 0 Å². The van der Waals surface area contributed by atoms with Gasteiger partial charge in [0, 0.05) is 40.7 Å². The maximum Gasteiger partial charge on any atom is 0.0417 e. The van der Waals surface area contributed by atoms with E-state index in [0.29, 0.717) is 0 Å². The van der Waals surface area contributed by atoms with Gasteiger partial charge in [-0.2, -0.15) is 0 Å². The molecule has 0 aliphatic heterocycles. The Morgan fingerprint density at radius 3 is 2.94 bits per heavy atom. The maximum atomic E-state index is 11.1.